The first-order chi connectivity index (χ1) is 14.3. The first-order valence-corrected chi connectivity index (χ1v) is 11.9. The summed E-state index contributed by atoms with van der Waals surface area (Å²) >= 11 is 0. The number of aryl methyl sites for hydroxylation is 1. The van der Waals surface area contributed by atoms with Gasteiger partial charge in [-0.3, -0.25) is 4.79 Å². The summed E-state index contributed by atoms with van der Waals surface area (Å²) in [4.78, 5) is 27.9. The lowest BCUT2D eigenvalue weighted by Crippen LogP contribution is -2.56. The molecule has 0 aromatic heterocycles. The summed E-state index contributed by atoms with van der Waals surface area (Å²) in [6, 6.07) is 8.51. The van der Waals surface area contributed by atoms with Gasteiger partial charge in [-0.2, -0.15) is 0 Å². The van der Waals surface area contributed by atoms with Crippen LogP contribution < -0.4 is 0 Å². The first-order valence-electron chi connectivity index (χ1n) is 11.9. The summed E-state index contributed by atoms with van der Waals surface area (Å²) in [5.41, 5.74) is 1.65. The molecule has 1 aromatic carbocycles. The Morgan fingerprint density at radius 1 is 1.00 bits per heavy atom. The number of fused-ring (bicyclic) bond motifs is 2. The zero-order valence-electron chi connectivity index (χ0n) is 19.3. The molecule has 1 aromatic rings. The van der Waals surface area contributed by atoms with Crippen LogP contribution in [0.15, 0.2) is 24.3 Å². The van der Waals surface area contributed by atoms with Gasteiger partial charge in [-0.25, -0.2) is 4.79 Å². The highest BCUT2D eigenvalue weighted by atomic mass is 16.6. The number of unbranched alkanes of at least 4 members (excludes halogenated alkanes) is 3. The number of nitrogens with zero attached hydrogens (tertiary/aromatic N) is 1. The molecule has 1 amide bonds. The van der Waals surface area contributed by atoms with Crippen LogP contribution in [-0.4, -0.2) is 34.5 Å². The second kappa shape index (κ2) is 9.98. The Morgan fingerprint density at radius 2 is 1.63 bits per heavy atom. The molecule has 4 nitrogen and oxygen atoms in total. The molecule has 0 N–H and O–H groups in total. The maximum absolute atomic E-state index is 13.2. The maximum Gasteiger partial charge on any atom is 0.410 e. The summed E-state index contributed by atoms with van der Waals surface area (Å²) in [5, 5.41) is 0. The fourth-order valence-corrected chi connectivity index (χ4v) is 5.04. The summed E-state index contributed by atoms with van der Waals surface area (Å²) in [6.07, 6.45) is 10.5. The normalized spacial score (nSPS) is 23.9. The highest BCUT2D eigenvalue weighted by Crippen LogP contribution is 2.39. The first kappa shape index (κ1) is 22.8. The topological polar surface area (TPSA) is 46.6 Å². The van der Waals surface area contributed by atoms with Gasteiger partial charge < -0.3 is 9.64 Å². The molecule has 2 saturated heterocycles. The number of benzene rings is 1. The maximum atomic E-state index is 13.2. The van der Waals surface area contributed by atoms with Gasteiger partial charge in [0.05, 0.1) is 0 Å². The molecule has 0 spiro atoms. The second-order valence-corrected chi connectivity index (χ2v) is 10.2. The van der Waals surface area contributed by atoms with E-state index in [4.69, 9.17) is 4.74 Å². The Kier molecular flexibility index (Phi) is 7.60. The standard InChI is InChI=1S/C26H39NO3/c1-5-6-7-8-10-19-13-15-20(16-14-19)24(28)21-17-22-11-9-12-23(18-21)27(22)25(29)30-26(2,3)4/h13-16,21-23H,5-12,17-18H2,1-4H3. The molecular formula is C26H39NO3. The predicted octanol–water partition coefficient (Wildman–Crippen LogP) is 6.56. The van der Waals surface area contributed by atoms with Crippen molar-refractivity contribution in [1.29, 1.82) is 0 Å². The van der Waals surface area contributed by atoms with Crippen LogP contribution >= 0.6 is 0 Å². The minimum atomic E-state index is -0.490. The van der Waals surface area contributed by atoms with E-state index >= 15 is 0 Å². The van der Waals surface area contributed by atoms with Crippen LogP contribution in [0.3, 0.4) is 0 Å². The van der Waals surface area contributed by atoms with E-state index < -0.39 is 5.60 Å². The Bertz CT molecular complexity index is 705. The quantitative estimate of drug-likeness (QED) is 0.375. The van der Waals surface area contributed by atoms with Crippen molar-refractivity contribution in [2.45, 2.75) is 110 Å². The molecule has 2 unspecified atom stereocenters. The fourth-order valence-electron chi connectivity index (χ4n) is 5.04. The van der Waals surface area contributed by atoms with Crippen molar-refractivity contribution in [3.05, 3.63) is 35.4 Å². The van der Waals surface area contributed by atoms with E-state index in [0.717, 1.165) is 44.1 Å². The van der Waals surface area contributed by atoms with E-state index in [-0.39, 0.29) is 29.9 Å². The average Bonchev–Trinajstić information content (AvgIpc) is 2.69. The van der Waals surface area contributed by atoms with Crippen molar-refractivity contribution < 1.29 is 14.3 Å². The molecular weight excluding hydrogens is 374 g/mol. The SMILES string of the molecule is CCCCCCc1ccc(C(=O)C2CC3CCCC(C2)N3C(=O)OC(C)(C)C)cc1. The Balaban J connectivity index is 1.61. The molecule has 2 aliphatic heterocycles. The van der Waals surface area contributed by atoms with Crippen molar-refractivity contribution in [1.82, 2.24) is 4.90 Å². The predicted molar refractivity (Wildman–Crippen MR) is 121 cm³/mol. The Labute approximate surface area is 182 Å². The number of hydrogen-bond acceptors (Lipinski definition) is 3. The summed E-state index contributed by atoms with van der Waals surface area (Å²) in [6.45, 7) is 7.95. The highest BCUT2D eigenvalue weighted by Gasteiger charge is 2.44. The lowest BCUT2D eigenvalue weighted by atomic mass is 9.76. The minimum absolute atomic E-state index is 0.00870. The molecule has 2 aliphatic rings. The number of ketones is 1. The second-order valence-electron chi connectivity index (χ2n) is 10.2. The largest absolute Gasteiger partial charge is 0.444 e. The van der Waals surface area contributed by atoms with Gasteiger partial charge in [-0.15, -0.1) is 0 Å². The van der Waals surface area contributed by atoms with Gasteiger partial charge in [0.25, 0.3) is 0 Å². The van der Waals surface area contributed by atoms with Gasteiger partial charge in [-0.1, -0.05) is 50.5 Å². The number of carbonyl (C=O) groups excluding carboxylic acids is 2. The van der Waals surface area contributed by atoms with Crippen molar-refractivity contribution in [2.75, 3.05) is 0 Å². The van der Waals surface area contributed by atoms with Gasteiger partial charge in [0.1, 0.15) is 5.60 Å². The number of piperidine rings is 2. The summed E-state index contributed by atoms with van der Waals surface area (Å²) in [5.74, 6) is 0.252. The van der Waals surface area contributed by atoms with Gasteiger partial charge in [0, 0.05) is 23.6 Å². The van der Waals surface area contributed by atoms with Gasteiger partial charge in [0.15, 0.2) is 5.78 Å². The highest BCUT2D eigenvalue weighted by molar-refractivity contribution is 5.98. The molecule has 2 heterocycles. The molecule has 0 aliphatic carbocycles. The molecule has 2 fully saturated rings. The molecule has 0 saturated carbocycles. The summed E-state index contributed by atoms with van der Waals surface area (Å²) < 4.78 is 5.66. The number of Topliss-reactive ketones (excluding diaryl/α,β-unsaturated/α-hetero) is 1. The lowest BCUT2D eigenvalue weighted by molar-refractivity contribution is -0.0260. The fraction of sp³-hybridized carbons (Fsp3) is 0.692. The van der Waals surface area contributed by atoms with Crippen LogP contribution in [-0.2, 0) is 11.2 Å². The zero-order valence-corrected chi connectivity index (χ0v) is 19.3. The van der Waals surface area contributed by atoms with Crippen LogP contribution in [0.5, 0.6) is 0 Å². The Morgan fingerprint density at radius 3 is 2.20 bits per heavy atom. The third-order valence-corrected chi connectivity index (χ3v) is 6.51. The molecule has 166 valence electrons. The number of rotatable bonds is 7. The van der Waals surface area contributed by atoms with Crippen molar-refractivity contribution in [3.63, 3.8) is 0 Å². The van der Waals surface area contributed by atoms with Crippen molar-refractivity contribution in [3.8, 4) is 0 Å². The number of carbonyl (C=O) groups is 2. The van der Waals surface area contributed by atoms with E-state index in [1.807, 2.05) is 37.8 Å². The zero-order chi connectivity index (χ0) is 21.7. The van der Waals surface area contributed by atoms with Crippen molar-refractivity contribution >= 4 is 11.9 Å². The van der Waals surface area contributed by atoms with Crippen molar-refractivity contribution in [2.24, 2.45) is 5.92 Å². The third kappa shape index (κ3) is 5.86. The average molecular weight is 414 g/mol. The molecule has 3 rings (SSSR count). The molecule has 2 atom stereocenters. The molecule has 2 bridgehead atoms. The Hall–Kier alpha value is -1.84. The number of amides is 1. The molecule has 0 radical (unpaired) electrons. The number of ether oxygens (including phenoxy) is 1. The van der Waals surface area contributed by atoms with Gasteiger partial charge in [0.2, 0.25) is 0 Å². The van der Waals surface area contributed by atoms with E-state index in [1.54, 1.807) is 0 Å². The monoisotopic (exact) mass is 413 g/mol. The lowest BCUT2D eigenvalue weighted by Gasteiger charge is -2.48. The van der Waals surface area contributed by atoms with Gasteiger partial charge >= 0.3 is 6.09 Å². The molecule has 30 heavy (non-hydrogen) atoms. The van der Waals surface area contributed by atoms with E-state index in [9.17, 15) is 9.59 Å². The van der Waals surface area contributed by atoms with Crippen LogP contribution in [0.4, 0.5) is 4.79 Å². The van der Waals surface area contributed by atoms with Crippen LogP contribution in [0, 0.1) is 5.92 Å². The summed E-state index contributed by atoms with van der Waals surface area (Å²) in [7, 11) is 0. The van der Waals surface area contributed by atoms with E-state index in [0.29, 0.717) is 0 Å². The van der Waals surface area contributed by atoms with Crippen LogP contribution in [0.2, 0.25) is 0 Å². The van der Waals surface area contributed by atoms with E-state index in [2.05, 4.69) is 19.1 Å². The van der Waals surface area contributed by atoms with E-state index in [1.165, 1.54) is 31.2 Å². The smallest absolute Gasteiger partial charge is 0.410 e. The molecule has 4 heteroatoms. The number of hydrogen-bond donors (Lipinski definition) is 0. The van der Waals surface area contributed by atoms with Gasteiger partial charge in [-0.05, 0) is 71.3 Å². The third-order valence-electron chi connectivity index (χ3n) is 6.51. The van der Waals surface area contributed by atoms with Crippen LogP contribution in [0.1, 0.15) is 101 Å². The van der Waals surface area contributed by atoms with Crippen LogP contribution in [0.25, 0.3) is 0 Å². The minimum Gasteiger partial charge on any atom is -0.444 e.